The van der Waals surface area contributed by atoms with Crippen molar-refractivity contribution in [1.29, 1.82) is 0 Å². The van der Waals surface area contributed by atoms with E-state index in [-0.39, 0.29) is 5.97 Å². The minimum atomic E-state index is -0.0490. The Labute approximate surface area is 120 Å². The predicted octanol–water partition coefficient (Wildman–Crippen LogP) is 4.37. The number of aryl methyl sites for hydroxylation is 1. The molecule has 0 aliphatic rings. The van der Waals surface area contributed by atoms with Crippen molar-refractivity contribution in [2.75, 3.05) is 6.61 Å². The summed E-state index contributed by atoms with van der Waals surface area (Å²) in [5.74, 6) is -0.0490. The molecule has 0 amide bonds. The number of hydrogen-bond donors (Lipinski definition) is 0. The van der Waals surface area contributed by atoms with Crippen LogP contribution in [0.4, 0.5) is 0 Å². The molecule has 0 unspecified atom stereocenters. The summed E-state index contributed by atoms with van der Waals surface area (Å²) >= 11 is 1.75. The largest absolute Gasteiger partial charge is 0.466 e. The van der Waals surface area contributed by atoms with Crippen molar-refractivity contribution in [1.82, 2.24) is 4.98 Å². The second-order valence-electron chi connectivity index (χ2n) is 4.75. The van der Waals surface area contributed by atoms with Gasteiger partial charge in [-0.2, -0.15) is 0 Å². The number of carbonyl (C=O) groups is 1. The zero-order valence-electron chi connectivity index (χ0n) is 11.9. The second kappa shape index (κ2) is 11.0. The summed E-state index contributed by atoms with van der Waals surface area (Å²) in [5.41, 5.74) is 1.90. The number of ether oxygens (including phenoxy) is 1. The van der Waals surface area contributed by atoms with Crippen LogP contribution in [0.15, 0.2) is 11.7 Å². The third-order valence-corrected chi connectivity index (χ3v) is 3.93. The minimum absolute atomic E-state index is 0.0490. The summed E-state index contributed by atoms with van der Waals surface area (Å²) in [4.78, 5) is 16.6. The Morgan fingerprint density at radius 2 is 1.84 bits per heavy atom. The molecule has 0 saturated carbocycles. The van der Waals surface area contributed by atoms with E-state index in [4.69, 9.17) is 4.74 Å². The zero-order valence-corrected chi connectivity index (χ0v) is 12.7. The molecular formula is C15H25NO2S. The first-order valence-electron chi connectivity index (χ1n) is 7.36. The number of thiazole rings is 1. The van der Waals surface area contributed by atoms with E-state index in [0.717, 1.165) is 12.8 Å². The number of hydrogen-bond acceptors (Lipinski definition) is 4. The molecule has 0 aliphatic carbocycles. The summed E-state index contributed by atoms with van der Waals surface area (Å²) in [6.07, 6.45) is 12.2. The number of nitrogens with zero attached hydrogens (tertiary/aromatic N) is 1. The Kier molecular flexibility index (Phi) is 9.33. The number of esters is 1. The van der Waals surface area contributed by atoms with Gasteiger partial charge >= 0.3 is 5.97 Å². The van der Waals surface area contributed by atoms with Crippen molar-refractivity contribution < 1.29 is 9.53 Å². The van der Waals surface area contributed by atoms with Gasteiger partial charge in [0.1, 0.15) is 0 Å². The molecule has 0 fully saturated rings. The lowest BCUT2D eigenvalue weighted by molar-refractivity contribution is -0.143. The van der Waals surface area contributed by atoms with Crippen LogP contribution in [-0.4, -0.2) is 17.6 Å². The van der Waals surface area contributed by atoms with Crippen molar-refractivity contribution in [2.24, 2.45) is 0 Å². The third-order valence-electron chi connectivity index (χ3n) is 3.09. The zero-order chi connectivity index (χ0) is 13.8. The SMILES string of the molecule is CCOC(=O)CCCCCCCCCc1cncs1. The first-order valence-corrected chi connectivity index (χ1v) is 8.24. The summed E-state index contributed by atoms with van der Waals surface area (Å²) in [6.45, 7) is 2.35. The smallest absolute Gasteiger partial charge is 0.305 e. The van der Waals surface area contributed by atoms with Gasteiger partial charge in [0, 0.05) is 17.5 Å². The molecule has 1 aromatic heterocycles. The van der Waals surface area contributed by atoms with Crippen LogP contribution in [0.1, 0.15) is 63.2 Å². The molecule has 108 valence electrons. The van der Waals surface area contributed by atoms with Gasteiger partial charge in [0.15, 0.2) is 0 Å². The molecule has 0 N–H and O–H groups in total. The highest BCUT2D eigenvalue weighted by atomic mass is 32.1. The third kappa shape index (κ3) is 8.76. The van der Waals surface area contributed by atoms with Crippen LogP contribution >= 0.6 is 11.3 Å². The molecule has 0 saturated heterocycles. The molecule has 0 aromatic carbocycles. The Bertz CT molecular complexity index is 325. The van der Waals surface area contributed by atoms with Gasteiger partial charge in [-0.25, -0.2) is 0 Å². The highest BCUT2D eigenvalue weighted by Gasteiger charge is 2.00. The van der Waals surface area contributed by atoms with Gasteiger partial charge in [0.2, 0.25) is 0 Å². The summed E-state index contributed by atoms with van der Waals surface area (Å²) in [7, 11) is 0. The fraction of sp³-hybridized carbons (Fsp3) is 0.733. The summed E-state index contributed by atoms with van der Waals surface area (Å²) < 4.78 is 4.89. The van der Waals surface area contributed by atoms with Gasteiger partial charge in [-0.15, -0.1) is 11.3 Å². The lowest BCUT2D eigenvalue weighted by Crippen LogP contribution is -2.03. The van der Waals surface area contributed by atoms with Crippen LogP contribution in [0.5, 0.6) is 0 Å². The first kappa shape index (κ1) is 16.2. The van der Waals surface area contributed by atoms with Gasteiger partial charge in [-0.3, -0.25) is 9.78 Å². The molecule has 1 heterocycles. The highest BCUT2D eigenvalue weighted by molar-refractivity contribution is 7.09. The van der Waals surface area contributed by atoms with E-state index < -0.39 is 0 Å². The van der Waals surface area contributed by atoms with Crippen LogP contribution in [0.2, 0.25) is 0 Å². The molecule has 3 nitrogen and oxygen atoms in total. The Hall–Kier alpha value is -0.900. The van der Waals surface area contributed by atoms with Crippen molar-refractivity contribution in [2.45, 2.75) is 64.7 Å². The van der Waals surface area contributed by atoms with Crippen LogP contribution < -0.4 is 0 Å². The maximum Gasteiger partial charge on any atom is 0.305 e. The normalized spacial score (nSPS) is 10.6. The molecule has 4 heteroatoms. The topological polar surface area (TPSA) is 39.2 Å². The van der Waals surface area contributed by atoms with Crippen molar-refractivity contribution in [3.05, 3.63) is 16.6 Å². The molecule has 0 aliphatic heterocycles. The minimum Gasteiger partial charge on any atom is -0.466 e. The number of rotatable bonds is 11. The van der Waals surface area contributed by atoms with E-state index in [1.807, 2.05) is 18.6 Å². The molecule has 1 aromatic rings. The summed E-state index contributed by atoms with van der Waals surface area (Å²) in [5, 5.41) is 0. The number of carbonyl (C=O) groups excluding carboxylic acids is 1. The van der Waals surface area contributed by atoms with Crippen LogP contribution in [0, 0.1) is 0 Å². The summed E-state index contributed by atoms with van der Waals surface area (Å²) in [6, 6.07) is 0. The predicted molar refractivity (Wildman–Crippen MR) is 79.4 cm³/mol. The van der Waals surface area contributed by atoms with Crippen LogP contribution in [0.25, 0.3) is 0 Å². The first-order chi connectivity index (χ1) is 9.33. The Morgan fingerprint density at radius 3 is 2.47 bits per heavy atom. The van der Waals surface area contributed by atoms with Crippen molar-refractivity contribution in [3.63, 3.8) is 0 Å². The van der Waals surface area contributed by atoms with Gasteiger partial charge in [0.25, 0.3) is 0 Å². The molecule has 19 heavy (non-hydrogen) atoms. The van der Waals surface area contributed by atoms with Crippen LogP contribution in [-0.2, 0) is 16.0 Å². The van der Waals surface area contributed by atoms with E-state index in [9.17, 15) is 4.79 Å². The fourth-order valence-electron chi connectivity index (χ4n) is 2.05. The fourth-order valence-corrected chi connectivity index (χ4v) is 2.69. The maximum absolute atomic E-state index is 11.1. The number of unbranched alkanes of at least 4 members (excludes halogenated alkanes) is 6. The van der Waals surface area contributed by atoms with Crippen molar-refractivity contribution in [3.8, 4) is 0 Å². The maximum atomic E-state index is 11.1. The lowest BCUT2D eigenvalue weighted by Gasteiger charge is -2.02. The van der Waals surface area contributed by atoms with E-state index in [1.54, 1.807) is 11.3 Å². The monoisotopic (exact) mass is 283 g/mol. The van der Waals surface area contributed by atoms with E-state index in [0.29, 0.717) is 13.0 Å². The lowest BCUT2D eigenvalue weighted by atomic mass is 10.1. The second-order valence-corrected chi connectivity index (χ2v) is 5.72. The average molecular weight is 283 g/mol. The van der Waals surface area contributed by atoms with Gasteiger partial charge in [-0.05, 0) is 26.2 Å². The number of aromatic nitrogens is 1. The Morgan fingerprint density at radius 1 is 1.16 bits per heavy atom. The Balaban J connectivity index is 1.80. The van der Waals surface area contributed by atoms with E-state index >= 15 is 0 Å². The van der Waals surface area contributed by atoms with Gasteiger partial charge < -0.3 is 4.74 Å². The molecule has 1 rings (SSSR count). The molecular weight excluding hydrogens is 258 g/mol. The molecule has 0 bridgehead atoms. The standard InChI is InChI=1S/C15H25NO2S/c1-2-18-15(17)11-9-7-5-3-4-6-8-10-14-12-16-13-19-14/h12-13H,2-11H2,1H3. The van der Waals surface area contributed by atoms with Crippen LogP contribution in [0.3, 0.4) is 0 Å². The molecule has 0 radical (unpaired) electrons. The highest BCUT2D eigenvalue weighted by Crippen LogP contribution is 2.13. The van der Waals surface area contributed by atoms with Gasteiger partial charge in [-0.1, -0.05) is 32.1 Å². The average Bonchev–Trinajstić information content (AvgIpc) is 2.90. The van der Waals surface area contributed by atoms with Gasteiger partial charge in [0.05, 0.1) is 12.1 Å². The van der Waals surface area contributed by atoms with Crippen molar-refractivity contribution >= 4 is 17.3 Å². The molecule has 0 spiro atoms. The molecule has 0 atom stereocenters. The van der Waals surface area contributed by atoms with E-state index in [1.165, 1.54) is 43.4 Å². The quantitative estimate of drug-likeness (QED) is 0.447. The van der Waals surface area contributed by atoms with E-state index in [2.05, 4.69) is 4.98 Å².